The fourth-order valence-electron chi connectivity index (χ4n) is 2.90. The second-order valence-electron chi connectivity index (χ2n) is 5.92. The molecule has 142 valence electrons. The highest BCUT2D eigenvalue weighted by Crippen LogP contribution is 2.22. The minimum Gasteiger partial charge on any atom is -0.336 e. The van der Waals surface area contributed by atoms with Crippen molar-refractivity contribution in [2.24, 2.45) is 7.05 Å². The van der Waals surface area contributed by atoms with Crippen LogP contribution < -0.4 is 5.32 Å². The molecule has 1 aliphatic heterocycles. The van der Waals surface area contributed by atoms with Gasteiger partial charge in [-0.05, 0) is 24.3 Å². The quantitative estimate of drug-likeness (QED) is 0.811. The van der Waals surface area contributed by atoms with Crippen molar-refractivity contribution in [3.8, 4) is 0 Å². The fraction of sp³-hybridized carbons (Fsp3) is 0.375. The lowest BCUT2D eigenvalue weighted by Crippen LogP contribution is -2.50. The van der Waals surface area contributed by atoms with Crippen LogP contribution in [-0.2, 0) is 21.7 Å². The number of amides is 1. The molecule has 0 aliphatic carbocycles. The summed E-state index contributed by atoms with van der Waals surface area (Å²) in [5.41, 5.74) is 0. The number of hydrogen-bond acceptors (Lipinski definition) is 5. The molecule has 2 aromatic rings. The van der Waals surface area contributed by atoms with Crippen LogP contribution >= 0.6 is 24.0 Å². The van der Waals surface area contributed by atoms with E-state index in [2.05, 4.69) is 10.3 Å². The molecule has 3 rings (SSSR count). The summed E-state index contributed by atoms with van der Waals surface area (Å²) in [6, 6.07) is 5.54. The molecule has 7 nitrogen and oxygen atoms in total. The first-order valence-electron chi connectivity index (χ1n) is 7.84. The van der Waals surface area contributed by atoms with Crippen LogP contribution in [0.1, 0.15) is 11.9 Å². The number of sulfone groups is 1. The Labute approximate surface area is 163 Å². The van der Waals surface area contributed by atoms with Gasteiger partial charge in [0, 0.05) is 44.1 Å². The summed E-state index contributed by atoms with van der Waals surface area (Å²) in [7, 11) is -1.87. The third-order valence-electron chi connectivity index (χ3n) is 4.21. The highest BCUT2D eigenvalue weighted by atomic mass is 35.5. The molecule has 1 aromatic carbocycles. The lowest BCUT2D eigenvalue weighted by molar-refractivity contribution is -0.132. The molecular formula is C16H20Cl2N4O3S. The average Bonchev–Trinajstić information content (AvgIpc) is 3.00. The highest BCUT2D eigenvalue weighted by molar-refractivity contribution is 7.92. The van der Waals surface area contributed by atoms with Crippen molar-refractivity contribution in [3.63, 3.8) is 0 Å². The molecule has 1 saturated heterocycles. The third-order valence-corrected chi connectivity index (χ3v) is 6.08. The van der Waals surface area contributed by atoms with Gasteiger partial charge in [0.25, 0.3) is 0 Å². The monoisotopic (exact) mass is 418 g/mol. The SMILES string of the molecule is Cl.Cn1ccnc1C1CNCCN1C(=O)CS(=O)(=O)c1ccc(Cl)cc1. The number of carbonyl (C=O) groups is 1. The van der Waals surface area contributed by atoms with Crippen molar-refractivity contribution >= 4 is 39.8 Å². The summed E-state index contributed by atoms with van der Waals surface area (Å²) >= 11 is 5.79. The molecular weight excluding hydrogens is 399 g/mol. The fourth-order valence-corrected chi connectivity index (χ4v) is 4.24. The second-order valence-corrected chi connectivity index (χ2v) is 8.34. The van der Waals surface area contributed by atoms with E-state index in [9.17, 15) is 13.2 Å². The Bertz CT molecular complexity index is 868. The van der Waals surface area contributed by atoms with E-state index in [4.69, 9.17) is 11.6 Å². The van der Waals surface area contributed by atoms with E-state index in [1.807, 2.05) is 11.6 Å². The van der Waals surface area contributed by atoms with Gasteiger partial charge in [-0.3, -0.25) is 4.79 Å². The largest absolute Gasteiger partial charge is 0.336 e. The van der Waals surface area contributed by atoms with Crippen molar-refractivity contribution in [3.05, 3.63) is 47.5 Å². The van der Waals surface area contributed by atoms with Crippen LogP contribution in [0.5, 0.6) is 0 Å². The van der Waals surface area contributed by atoms with Crippen LogP contribution in [0.15, 0.2) is 41.6 Å². The Balaban J connectivity index is 0.00000243. The summed E-state index contributed by atoms with van der Waals surface area (Å²) in [5, 5.41) is 3.67. The van der Waals surface area contributed by atoms with E-state index in [-0.39, 0.29) is 23.3 Å². The number of nitrogens with zero attached hydrogens (tertiary/aromatic N) is 3. The van der Waals surface area contributed by atoms with Crippen LogP contribution in [0.3, 0.4) is 0 Å². The zero-order valence-corrected chi connectivity index (χ0v) is 16.5. The smallest absolute Gasteiger partial charge is 0.238 e. The summed E-state index contributed by atoms with van der Waals surface area (Å²) < 4.78 is 26.9. The number of imidazole rings is 1. The van der Waals surface area contributed by atoms with Crippen LogP contribution in [-0.4, -0.2) is 54.2 Å². The number of carbonyl (C=O) groups excluding carboxylic acids is 1. The zero-order valence-electron chi connectivity index (χ0n) is 14.1. The van der Waals surface area contributed by atoms with E-state index in [0.717, 1.165) is 5.82 Å². The van der Waals surface area contributed by atoms with Crippen LogP contribution in [0.25, 0.3) is 0 Å². The van der Waals surface area contributed by atoms with E-state index >= 15 is 0 Å². The van der Waals surface area contributed by atoms with Crippen LogP contribution in [0.2, 0.25) is 5.02 Å². The number of piperazine rings is 1. The van der Waals surface area contributed by atoms with E-state index in [1.54, 1.807) is 17.3 Å². The molecule has 10 heteroatoms. The molecule has 1 atom stereocenters. The van der Waals surface area contributed by atoms with Crippen molar-refractivity contribution in [2.75, 3.05) is 25.4 Å². The molecule has 1 amide bonds. The van der Waals surface area contributed by atoms with Gasteiger partial charge in [-0.1, -0.05) is 11.6 Å². The van der Waals surface area contributed by atoms with Crippen molar-refractivity contribution in [2.45, 2.75) is 10.9 Å². The first-order chi connectivity index (χ1) is 11.9. The molecule has 0 saturated carbocycles. The Kier molecular flexibility index (Phi) is 6.68. The van der Waals surface area contributed by atoms with Gasteiger partial charge in [-0.15, -0.1) is 12.4 Å². The minimum atomic E-state index is -3.73. The van der Waals surface area contributed by atoms with Gasteiger partial charge in [0.2, 0.25) is 5.91 Å². The topological polar surface area (TPSA) is 84.3 Å². The zero-order chi connectivity index (χ0) is 18.0. The van der Waals surface area contributed by atoms with Gasteiger partial charge < -0.3 is 14.8 Å². The van der Waals surface area contributed by atoms with Gasteiger partial charge in [-0.2, -0.15) is 0 Å². The molecule has 26 heavy (non-hydrogen) atoms. The van der Waals surface area contributed by atoms with E-state index in [1.165, 1.54) is 24.3 Å². The van der Waals surface area contributed by atoms with E-state index in [0.29, 0.717) is 24.7 Å². The molecule has 0 radical (unpaired) electrons. The van der Waals surface area contributed by atoms with Gasteiger partial charge in [-0.25, -0.2) is 13.4 Å². The van der Waals surface area contributed by atoms with Crippen LogP contribution in [0.4, 0.5) is 0 Å². The molecule has 1 fully saturated rings. The predicted molar refractivity (Wildman–Crippen MR) is 101 cm³/mol. The highest BCUT2D eigenvalue weighted by Gasteiger charge is 2.33. The third kappa shape index (κ3) is 4.37. The molecule has 1 aliphatic rings. The van der Waals surface area contributed by atoms with Gasteiger partial charge in [0.1, 0.15) is 17.6 Å². The average molecular weight is 419 g/mol. The van der Waals surface area contributed by atoms with E-state index < -0.39 is 21.5 Å². The maximum Gasteiger partial charge on any atom is 0.238 e. The van der Waals surface area contributed by atoms with Crippen LogP contribution in [0, 0.1) is 0 Å². The number of hydrogen-bond donors (Lipinski definition) is 1. The molecule has 0 spiro atoms. The molecule has 1 N–H and O–H groups in total. The lowest BCUT2D eigenvalue weighted by atomic mass is 10.1. The number of aryl methyl sites for hydroxylation is 1. The van der Waals surface area contributed by atoms with Gasteiger partial charge in [0.05, 0.1) is 4.90 Å². The lowest BCUT2D eigenvalue weighted by Gasteiger charge is -2.35. The predicted octanol–water partition coefficient (Wildman–Crippen LogP) is 1.44. The van der Waals surface area contributed by atoms with Gasteiger partial charge >= 0.3 is 0 Å². The number of benzene rings is 1. The number of rotatable bonds is 4. The Morgan fingerprint density at radius 1 is 1.35 bits per heavy atom. The summed E-state index contributed by atoms with van der Waals surface area (Å²) in [4.78, 5) is 18.7. The summed E-state index contributed by atoms with van der Waals surface area (Å²) in [6.45, 7) is 1.59. The number of nitrogens with one attached hydrogen (secondary N) is 1. The van der Waals surface area contributed by atoms with Gasteiger partial charge in [0.15, 0.2) is 9.84 Å². The maximum atomic E-state index is 12.7. The summed E-state index contributed by atoms with van der Waals surface area (Å²) in [5.74, 6) is -0.274. The van der Waals surface area contributed by atoms with Crippen molar-refractivity contribution < 1.29 is 13.2 Å². The Hall–Kier alpha value is -1.61. The number of aromatic nitrogens is 2. The number of halogens is 2. The molecule has 0 bridgehead atoms. The minimum absolute atomic E-state index is 0. The van der Waals surface area contributed by atoms with Crippen molar-refractivity contribution in [1.82, 2.24) is 19.8 Å². The molecule has 1 unspecified atom stereocenters. The second kappa shape index (κ2) is 8.39. The Morgan fingerprint density at radius 3 is 2.65 bits per heavy atom. The summed E-state index contributed by atoms with van der Waals surface area (Å²) in [6.07, 6.45) is 3.47. The first-order valence-corrected chi connectivity index (χ1v) is 9.87. The molecule has 2 heterocycles. The van der Waals surface area contributed by atoms with Crippen molar-refractivity contribution in [1.29, 1.82) is 0 Å². The Morgan fingerprint density at radius 2 is 2.04 bits per heavy atom. The standard InChI is InChI=1S/C16H19ClN4O3S.ClH/c1-20-8-7-19-16(20)14-10-18-6-9-21(14)15(22)11-25(23,24)13-4-2-12(17)3-5-13;/h2-5,7-8,14,18H,6,9-11H2,1H3;1H. The first kappa shape index (κ1) is 20.7. The molecule has 1 aromatic heterocycles. The maximum absolute atomic E-state index is 12.7. The normalized spacial score (nSPS) is 17.6.